The standard InChI is InChI=1S/C14H18N6O2S/c1-18-9-13(17-10-18)23(21,22)20-8-4-11-12(20)3-7-19(11)14-15-5-2-6-16-14/h2,5-6,9-12H,3-4,7-8H2,1H3/t11-,12+/m0/s1. The molecule has 0 aliphatic carbocycles. The number of imidazole rings is 1. The molecule has 4 heterocycles. The Morgan fingerprint density at radius 3 is 2.52 bits per heavy atom. The Labute approximate surface area is 134 Å². The summed E-state index contributed by atoms with van der Waals surface area (Å²) in [6.07, 6.45) is 8.07. The molecule has 0 spiro atoms. The first-order chi connectivity index (χ1) is 11.1. The van der Waals surface area contributed by atoms with Gasteiger partial charge in [-0.25, -0.2) is 23.4 Å². The summed E-state index contributed by atoms with van der Waals surface area (Å²) in [7, 11) is -1.78. The van der Waals surface area contributed by atoms with Crippen molar-refractivity contribution in [3.63, 3.8) is 0 Å². The molecule has 2 aliphatic heterocycles. The molecule has 2 atom stereocenters. The third-order valence-electron chi connectivity index (χ3n) is 4.59. The number of aryl methyl sites for hydroxylation is 1. The van der Waals surface area contributed by atoms with Crippen LogP contribution in [0, 0.1) is 0 Å². The number of nitrogens with zero attached hydrogens (tertiary/aromatic N) is 6. The molecule has 0 amide bonds. The van der Waals surface area contributed by atoms with E-state index < -0.39 is 10.0 Å². The molecule has 0 radical (unpaired) electrons. The molecule has 8 nitrogen and oxygen atoms in total. The van der Waals surface area contributed by atoms with Crippen molar-refractivity contribution in [2.45, 2.75) is 30.0 Å². The second kappa shape index (κ2) is 5.27. The molecule has 122 valence electrons. The lowest BCUT2D eigenvalue weighted by Crippen LogP contribution is -2.40. The van der Waals surface area contributed by atoms with Gasteiger partial charge in [-0.15, -0.1) is 0 Å². The summed E-state index contributed by atoms with van der Waals surface area (Å²) in [6.45, 7) is 1.28. The molecular formula is C14H18N6O2S. The number of sulfonamides is 1. The Morgan fingerprint density at radius 2 is 1.83 bits per heavy atom. The van der Waals surface area contributed by atoms with Gasteiger partial charge in [0.2, 0.25) is 5.95 Å². The molecule has 2 aromatic heterocycles. The zero-order chi connectivity index (χ0) is 16.0. The summed E-state index contributed by atoms with van der Waals surface area (Å²) in [5.74, 6) is 0.678. The predicted octanol–water partition coefficient (Wildman–Crippen LogP) is 0.252. The van der Waals surface area contributed by atoms with Gasteiger partial charge in [-0.05, 0) is 18.9 Å². The number of fused-ring (bicyclic) bond motifs is 1. The maximum atomic E-state index is 12.8. The van der Waals surface area contributed by atoms with Crippen LogP contribution in [-0.4, -0.2) is 57.4 Å². The Balaban J connectivity index is 1.61. The van der Waals surface area contributed by atoms with E-state index in [0.717, 1.165) is 19.4 Å². The molecule has 9 heteroatoms. The molecule has 2 aromatic rings. The highest BCUT2D eigenvalue weighted by Crippen LogP contribution is 2.36. The van der Waals surface area contributed by atoms with Gasteiger partial charge in [0.05, 0.1) is 6.33 Å². The van der Waals surface area contributed by atoms with Crippen LogP contribution in [0.25, 0.3) is 0 Å². The van der Waals surface area contributed by atoms with Gasteiger partial charge in [0.25, 0.3) is 10.0 Å². The van der Waals surface area contributed by atoms with Crippen LogP contribution < -0.4 is 4.90 Å². The summed E-state index contributed by atoms with van der Waals surface area (Å²) in [4.78, 5) is 14.7. The van der Waals surface area contributed by atoms with Crippen LogP contribution in [0.2, 0.25) is 0 Å². The monoisotopic (exact) mass is 334 g/mol. The summed E-state index contributed by atoms with van der Waals surface area (Å²) in [5, 5.41) is 0.120. The maximum Gasteiger partial charge on any atom is 0.262 e. The van der Waals surface area contributed by atoms with E-state index in [-0.39, 0.29) is 17.1 Å². The van der Waals surface area contributed by atoms with E-state index in [4.69, 9.17) is 0 Å². The third-order valence-corrected chi connectivity index (χ3v) is 6.40. The van der Waals surface area contributed by atoms with Crippen molar-refractivity contribution in [3.05, 3.63) is 31.0 Å². The molecule has 2 fully saturated rings. The van der Waals surface area contributed by atoms with Crippen LogP contribution in [-0.2, 0) is 17.1 Å². The maximum absolute atomic E-state index is 12.8. The molecule has 23 heavy (non-hydrogen) atoms. The predicted molar refractivity (Wildman–Crippen MR) is 83.3 cm³/mol. The average molecular weight is 334 g/mol. The number of anilines is 1. The van der Waals surface area contributed by atoms with Crippen molar-refractivity contribution in [2.75, 3.05) is 18.0 Å². The van der Waals surface area contributed by atoms with Gasteiger partial charge < -0.3 is 9.47 Å². The first kappa shape index (κ1) is 14.6. The van der Waals surface area contributed by atoms with Crippen molar-refractivity contribution in [3.8, 4) is 0 Å². The van der Waals surface area contributed by atoms with Gasteiger partial charge in [0, 0.05) is 50.8 Å². The second-order valence-corrected chi connectivity index (χ2v) is 7.78. The van der Waals surface area contributed by atoms with Crippen molar-refractivity contribution in [1.29, 1.82) is 0 Å². The lowest BCUT2D eigenvalue weighted by molar-refractivity contribution is 0.386. The van der Waals surface area contributed by atoms with Crippen molar-refractivity contribution in [2.24, 2.45) is 7.05 Å². The van der Waals surface area contributed by atoms with E-state index in [0.29, 0.717) is 12.5 Å². The number of rotatable bonds is 3. The van der Waals surface area contributed by atoms with Crippen LogP contribution >= 0.6 is 0 Å². The summed E-state index contributed by atoms with van der Waals surface area (Å²) >= 11 is 0. The quantitative estimate of drug-likeness (QED) is 0.800. The zero-order valence-electron chi connectivity index (χ0n) is 12.8. The molecule has 4 rings (SSSR count). The van der Waals surface area contributed by atoms with E-state index in [1.54, 1.807) is 40.6 Å². The molecule has 0 aromatic carbocycles. The largest absolute Gasteiger partial charge is 0.339 e. The number of hydrogen-bond donors (Lipinski definition) is 0. The molecule has 0 unspecified atom stereocenters. The fourth-order valence-corrected chi connectivity index (χ4v) is 5.24. The van der Waals surface area contributed by atoms with Crippen LogP contribution in [0.5, 0.6) is 0 Å². The number of hydrogen-bond acceptors (Lipinski definition) is 6. The van der Waals surface area contributed by atoms with Gasteiger partial charge in [-0.2, -0.15) is 4.31 Å². The van der Waals surface area contributed by atoms with Gasteiger partial charge in [0.15, 0.2) is 5.03 Å². The minimum absolute atomic E-state index is 0.0363. The Kier molecular flexibility index (Phi) is 3.34. The van der Waals surface area contributed by atoms with Gasteiger partial charge >= 0.3 is 0 Å². The topological polar surface area (TPSA) is 84.2 Å². The van der Waals surface area contributed by atoms with Gasteiger partial charge in [-0.3, -0.25) is 0 Å². The van der Waals surface area contributed by atoms with Crippen LogP contribution in [0.3, 0.4) is 0 Å². The summed E-state index contributed by atoms with van der Waals surface area (Å²) < 4.78 is 28.9. The summed E-state index contributed by atoms with van der Waals surface area (Å²) in [6, 6.07) is 1.88. The normalized spacial score (nSPS) is 25.0. The Bertz CT molecular complexity index is 806. The molecule has 2 saturated heterocycles. The molecular weight excluding hydrogens is 316 g/mol. The highest BCUT2D eigenvalue weighted by Gasteiger charge is 2.48. The van der Waals surface area contributed by atoms with Crippen molar-refractivity contribution < 1.29 is 8.42 Å². The van der Waals surface area contributed by atoms with Gasteiger partial charge in [-0.1, -0.05) is 0 Å². The fraction of sp³-hybridized carbons (Fsp3) is 0.500. The van der Waals surface area contributed by atoms with E-state index in [1.165, 1.54) is 6.33 Å². The molecule has 0 saturated carbocycles. The molecule has 0 bridgehead atoms. The van der Waals surface area contributed by atoms with Crippen LogP contribution in [0.15, 0.2) is 36.0 Å². The molecule has 0 N–H and O–H groups in total. The first-order valence-corrected chi connectivity index (χ1v) is 9.05. The minimum atomic E-state index is -3.54. The average Bonchev–Trinajstić information content (AvgIpc) is 3.23. The highest BCUT2D eigenvalue weighted by atomic mass is 32.2. The van der Waals surface area contributed by atoms with Gasteiger partial charge in [0.1, 0.15) is 0 Å². The van der Waals surface area contributed by atoms with Crippen molar-refractivity contribution >= 4 is 16.0 Å². The second-order valence-electron chi connectivity index (χ2n) is 5.95. The lowest BCUT2D eigenvalue weighted by atomic mass is 10.1. The SMILES string of the molecule is Cn1cnc(S(=O)(=O)N2CC[C@H]3[C@H]2CCN3c2ncccn2)c1. The first-order valence-electron chi connectivity index (χ1n) is 7.61. The summed E-state index contributed by atoms with van der Waals surface area (Å²) in [5.41, 5.74) is 0. The molecule has 2 aliphatic rings. The van der Waals surface area contributed by atoms with E-state index in [2.05, 4.69) is 19.9 Å². The van der Waals surface area contributed by atoms with E-state index >= 15 is 0 Å². The Morgan fingerprint density at radius 1 is 1.09 bits per heavy atom. The van der Waals surface area contributed by atoms with E-state index in [9.17, 15) is 8.42 Å². The van der Waals surface area contributed by atoms with Crippen LogP contribution in [0.4, 0.5) is 5.95 Å². The number of aromatic nitrogens is 4. The zero-order valence-corrected chi connectivity index (χ0v) is 13.6. The van der Waals surface area contributed by atoms with Crippen LogP contribution in [0.1, 0.15) is 12.8 Å². The fourth-order valence-electron chi connectivity index (χ4n) is 3.58. The third kappa shape index (κ3) is 2.31. The van der Waals surface area contributed by atoms with Crippen molar-refractivity contribution in [1.82, 2.24) is 23.8 Å². The minimum Gasteiger partial charge on any atom is -0.339 e. The Hall–Kier alpha value is -2.00. The highest BCUT2D eigenvalue weighted by molar-refractivity contribution is 7.89. The van der Waals surface area contributed by atoms with E-state index in [1.807, 2.05) is 0 Å². The lowest BCUT2D eigenvalue weighted by Gasteiger charge is -2.24. The smallest absolute Gasteiger partial charge is 0.262 e.